The summed E-state index contributed by atoms with van der Waals surface area (Å²) in [5.41, 5.74) is 1.30. The molecule has 0 atom stereocenters. The molecule has 0 heterocycles. The lowest BCUT2D eigenvalue weighted by atomic mass is 10.2. The van der Waals surface area contributed by atoms with Gasteiger partial charge in [0.1, 0.15) is 12.4 Å². The van der Waals surface area contributed by atoms with E-state index in [1.54, 1.807) is 0 Å². The Hall–Kier alpha value is -1.06. The normalized spacial score (nSPS) is 14.4. The molecule has 0 bridgehead atoms. The van der Waals surface area contributed by atoms with E-state index in [1.807, 2.05) is 12.1 Å². The molecular weight excluding hydrogens is 250 g/mol. The lowest BCUT2D eigenvalue weighted by Crippen LogP contribution is -2.13. The Morgan fingerprint density at radius 1 is 1.10 bits per heavy atom. The summed E-state index contributed by atoms with van der Waals surface area (Å²) in [5, 5.41) is 3.39. The second-order valence-corrected chi connectivity index (χ2v) is 5.51. The van der Waals surface area contributed by atoms with Crippen LogP contribution in [0.2, 0.25) is 0 Å². The van der Waals surface area contributed by atoms with Gasteiger partial charge in [0.2, 0.25) is 0 Å². The molecule has 1 saturated carbocycles. The molecule has 0 amide bonds. The minimum Gasteiger partial charge on any atom is -0.491 e. The van der Waals surface area contributed by atoms with Gasteiger partial charge in [0.05, 0.1) is 6.61 Å². The van der Waals surface area contributed by atoms with E-state index in [4.69, 9.17) is 9.47 Å². The van der Waals surface area contributed by atoms with Crippen LogP contribution in [0.15, 0.2) is 24.3 Å². The van der Waals surface area contributed by atoms with E-state index in [1.165, 1.54) is 31.2 Å². The van der Waals surface area contributed by atoms with Gasteiger partial charge in [-0.15, -0.1) is 0 Å². The molecule has 1 N–H and O–H groups in total. The van der Waals surface area contributed by atoms with Gasteiger partial charge in [-0.05, 0) is 43.0 Å². The summed E-state index contributed by atoms with van der Waals surface area (Å²) in [6.07, 6.45) is 5.19. The Kier molecular flexibility index (Phi) is 6.89. The SMILES string of the molecule is CCCNCc1ccc(OCCOCCC2CC2)cc1. The zero-order chi connectivity index (χ0) is 14.0. The van der Waals surface area contributed by atoms with Gasteiger partial charge in [-0.2, -0.15) is 0 Å². The van der Waals surface area contributed by atoms with E-state index in [2.05, 4.69) is 24.4 Å². The van der Waals surface area contributed by atoms with E-state index in [0.717, 1.165) is 31.4 Å². The van der Waals surface area contributed by atoms with E-state index in [9.17, 15) is 0 Å². The van der Waals surface area contributed by atoms with Gasteiger partial charge in [-0.25, -0.2) is 0 Å². The molecule has 1 aliphatic carbocycles. The molecule has 1 aromatic carbocycles. The van der Waals surface area contributed by atoms with E-state index in [0.29, 0.717) is 13.2 Å². The average Bonchev–Trinajstić information content (AvgIpc) is 3.29. The summed E-state index contributed by atoms with van der Waals surface area (Å²) in [7, 11) is 0. The third-order valence-corrected chi connectivity index (χ3v) is 3.54. The maximum absolute atomic E-state index is 5.66. The topological polar surface area (TPSA) is 30.5 Å². The third kappa shape index (κ3) is 6.40. The number of benzene rings is 1. The van der Waals surface area contributed by atoms with E-state index >= 15 is 0 Å². The highest BCUT2D eigenvalue weighted by atomic mass is 16.5. The lowest BCUT2D eigenvalue weighted by Gasteiger charge is -2.08. The van der Waals surface area contributed by atoms with Crippen molar-refractivity contribution in [3.63, 3.8) is 0 Å². The predicted octanol–water partition coefficient (Wildman–Crippen LogP) is 3.38. The van der Waals surface area contributed by atoms with Gasteiger partial charge < -0.3 is 14.8 Å². The van der Waals surface area contributed by atoms with Gasteiger partial charge >= 0.3 is 0 Å². The highest BCUT2D eigenvalue weighted by Gasteiger charge is 2.20. The fourth-order valence-corrected chi connectivity index (χ4v) is 2.09. The van der Waals surface area contributed by atoms with Crippen molar-refractivity contribution < 1.29 is 9.47 Å². The maximum Gasteiger partial charge on any atom is 0.119 e. The Balaban J connectivity index is 1.53. The Morgan fingerprint density at radius 2 is 1.90 bits per heavy atom. The molecule has 2 rings (SSSR count). The van der Waals surface area contributed by atoms with Crippen molar-refractivity contribution in [3.05, 3.63) is 29.8 Å². The molecular formula is C17H27NO2. The number of hydrogen-bond acceptors (Lipinski definition) is 3. The van der Waals surface area contributed by atoms with Crippen LogP contribution in [-0.2, 0) is 11.3 Å². The molecule has 1 aromatic rings. The smallest absolute Gasteiger partial charge is 0.119 e. The van der Waals surface area contributed by atoms with Gasteiger partial charge in [0.25, 0.3) is 0 Å². The first kappa shape index (κ1) is 15.3. The van der Waals surface area contributed by atoms with Crippen molar-refractivity contribution in [2.24, 2.45) is 5.92 Å². The van der Waals surface area contributed by atoms with Crippen molar-refractivity contribution in [2.45, 2.75) is 39.2 Å². The zero-order valence-electron chi connectivity index (χ0n) is 12.6. The van der Waals surface area contributed by atoms with Crippen LogP contribution in [0.4, 0.5) is 0 Å². The van der Waals surface area contributed by atoms with Gasteiger partial charge in [-0.3, -0.25) is 0 Å². The van der Waals surface area contributed by atoms with Crippen LogP contribution in [-0.4, -0.2) is 26.4 Å². The molecule has 0 unspecified atom stereocenters. The maximum atomic E-state index is 5.66. The van der Waals surface area contributed by atoms with Crippen molar-refractivity contribution >= 4 is 0 Å². The first-order chi connectivity index (χ1) is 9.88. The molecule has 0 saturated heterocycles. The Morgan fingerprint density at radius 3 is 2.60 bits per heavy atom. The van der Waals surface area contributed by atoms with Gasteiger partial charge in [-0.1, -0.05) is 31.9 Å². The number of rotatable bonds is 11. The standard InChI is InChI=1S/C17H27NO2/c1-2-10-18-14-16-5-7-17(8-6-16)20-13-12-19-11-9-15-3-4-15/h5-8,15,18H,2-4,9-14H2,1H3. The van der Waals surface area contributed by atoms with E-state index in [-0.39, 0.29) is 0 Å². The third-order valence-electron chi connectivity index (χ3n) is 3.54. The summed E-state index contributed by atoms with van der Waals surface area (Å²) in [6, 6.07) is 8.30. The fraction of sp³-hybridized carbons (Fsp3) is 0.647. The quantitative estimate of drug-likeness (QED) is 0.629. The Bertz CT molecular complexity index is 360. The van der Waals surface area contributed by atoms with E-state index < -0.39 is 0 Å². The van der Waals surface area contributed by atoms with Crippen LogP contribution in [0.5, 0.6) is 5.75 Å². The summed E-state index contributed by atoms with van der Waals surface area (Å²) < 4.78 is 11.2. The second kappa shape index (κ2) is 8.98. The summed E-state index contributed by atoms with van der Waals surface area (Å²) in [4.78, 5) is 0. The van der Waals surface area contributed by atoms with Crippen molar-refractivity contribution in [1.29, 1.82) is 0 Å². The first-order valence-electron chi connectivity index (χ1n) is 7.88. The molecule has 1 aliphatic rings. The highest BCUT2D eigenvalue weighted by Crippen LogP contribution is 2.32. The van der Waals surface area contributed by atoms with Crippen LogP contribution in [0, 0.1) is 5.92 Å². The predicted molar refractivity (Wildman–Crippen MR) is 82.1 cm³/mol. The second-order valence-electron chi connectivity index (χ2n) is 5.51. The zero-order valence-corrected chi connectivity index (χ0v) is 12.6. The summed E-state index contributed by atoms with van der Waals surface area (Å²) >= 11 is 0. The molecule has 0 aromatic heterocycles. The summed E-state index contributed by atoms with van der Waals surface area (Å²) in [5.74, 6) is 1.87. The number of nitrogens with one attached hydrogen (secondary N) is 1. The molecule has 0 radical (unpaired) electrons. The molecule has 3 nitrogen and oxygen atoms in total. The molecule has 1 fully saturated rings. The monoisotopic (exact) mass is 277 g/mol. The van der Waals surface area contributed by atoms with Gasteiger partial charge in [0, 0.05) is 13.2 Å². The van der Waals surface area contributed by atoms with Crippen molar-refractivity contribution in [3.8, 4) is 5.75 Å². The molecule has 0 spiro atoms. The minimum atomic E-state index is 0.637. The molecule has 112 valence electrons. The number of ether oxygens (including phenoxy) is 2. The van der Waals surface area contributed by atoms with Crippen LogP contribution < -0.4 is 10.1 Å². The summed E-state index contributed by atoms with van der Waals surface area (Å²) in [6.45, 7) is 6.38. The largest absolute Gasteiger partial charge is 0.491 e. The van der Waals surface area contributed by atoms with Crippen molar-refractivity contribution in [2.75, 3.05) is 26.4 Å². The lowest BCUT2D eigenvalue weighted by molar-refractivity contribution is 0.0958. The van der Waals surface area contributed by atoms with Crippen LogP contribution in [0.3, 0.4) is 0 Å². The first-order valence-corrected chi connectivity index (χ1v) is 7.88. The van der Waals surface area contributed by atoms with Crippen molar-refractivity contribution in [1.82, 2.24) is 5.32 Å². The average molecular weight is 277 g/mol. The van der Waals surface area contributed by atoms with Crippen LogP contribution in [0.1, 0.15) is 38.2 Å². The van der Waals surface area contributed by atoms with Gasteiger partial charge in [0.15, 0.2) is 0 Å². The molecule has 3 heteroatoms. The Labute approximate surface area is 122 Å². The molecule has 0 aliphatic heterocycles. The van der Waals surface area contributed by atoms with Crippen LogP contribution >= 0.6 is 0 Å². The fourth-order valence-electron chi connectivity index (χ4n) is 2.09. The number of hydrogen-bond donors (Lipinski definition) is 1. The highest BCUT2D eigenvalue weighted by molar-refractivity contribution is 5.27. The minimum absolute atomic E-state index is 0.637. The van der Waals surface area contributed by atoms with Crippen LogP contribution in [0.25, 0.3) is 0 Å². The molecule has 20 heavy (non-hydrogen) atoms.